The molecule has 0 heterocycles. The van der Waals surface area contributed by atoms with Crippen LogP contribution in [0.15, 0.2) is 35.2 Å². The molecule has 18 heavy (non-hydrogen) atoms. The maximum atomic E-state index is 11.3. The van der Waals surface area contributed by atoms with Crippen molar-refractivity contribution >= 4 is 26.6 Å². The Hall–Kier alpha value is -1.99. The largest absolute Gasteiger partial charge is 0.295 e. The van der Waals surface area contributed by atoms with E-state index < -0.39 is 19.9 Å². The third-order valence-corrected chi connectivity index (χ3v) is 3.57. The van der Waals surface area contributed by atoms with E-state index in [1.807, 2.05) is 0 Å². The molecule has 7 heteroatoms. The van der Waals surface area contributed by atoms with E-state index in [0.717, 1.165) is 0 Å². The van der Waals surface area contributed by atoms with Crippen molar-refractivity contribution in [2.75, 3.05) is 0 Å². The first-order chi connectivity index (χ1) is 8.32. The summed E-state index contributed by atoms with van der Waals surface area (Å²) in [5, 5.41) is 11.3. The standard InChI is InChI=1S/C11H9NO5S/c1-7-5-6-10(18(15,16)17)11-8(7)3-2-4-9(11)12(13)14/h2-6H,1H3,(H,15,16,17). The van der Waals surface area contributed by atoms with Gasteiger partial charge in [0.15, 0.2) is 0 Å². The Labute approximate surface area is 103 Å². The Morgan fingerprint density at radius 3 is 2.44 bits per heavy atom. The highest BCUT2D eigenvalue weighted by Crippen LogP contribution is 2.33. The Morgan fingerprint density at radius 1 is 1.22 bits per heavy atom. The highest BCUT2D eigenvalue weighted by Gasteiger charge is 2.22. The first kappa shape index (κ1) is 12.5. The van der Waals surface area contributed by atoms with Crippen molar-refractivity contribution in [1.82, 2.24) is 0 Å². The van der Waals surface area contributed by atoms with Gasteiger partial charge in [-0.15, -0.1) is 0 Å². The van der Waals surface area contributed by atoms with Gasteiger partial charge in [0.1, 0.15) is 4.90 Å². The van der Waals surface area contributed by atoms with Gasteiger partial charge in [-0.2, -0.15) is 8.42 Å². The lowest BCUT2D eigenvalue weighted by Crippen LogP contribution is -2.02. The van der Waals surface area contributed by atoms with E-state index in [1.165, 1.54) is 24.3 Å². The molecule has 0 amide bonds. The SMILES string of the molecule is Cc1ccc(S(=O)(=O)O)c2c([N+](=O)[O-])cccc12. The van der Waals surface area contributed by atoms with E-state index in [0.29, 0.717) is 10.9 Å². The fourth-order valence-electron chi connectivity index (χ4n) is 1.87. The van der Waals surface area contributed by atoms with E-state index in [-0.39, 0.29) is 11.1 Å². The molecular formula is C11H9NO5S. The lowest BCUT2D eigenvalue weighted by molar-refractivity contribution is -0.383. The van der Waals surface area contributed by atoms with E-state index in [4.69, 9.17) is 4.55 Å². The molecule has 0 aliphatic rings. The van der Waals surface area contributed by atoms with Crippen LogP contribution in [0.4, 0.5) is 5.69 Å². The summed E-state index contributed by atoms with van der Waals surface area (Å²) in [6.45, 7) is 1.71. The maximum Gasteiger partial charge on any atom is 0.295 e. The van der Waals surface area contributed by atoms with Crippen molar-refractivity contribution in [3.05, 3.63) is 46.0 Å². The molecule has 2 aromatic rings. The number of aryl methyl sites for hydroxylation is 1. The number of benzene rings is 2. The zero-order valence-corrected chi connectivity index (χ0v) is 10.1. The van der Waals surface area contributed by atoms with Crippen LogP contribution in [0, 0.1) is 17.0 Å². The maximum absolute atomic E-state index is 11.3. The molecule has 0 atom stereocenters. The van der Waals surface area contributed by atoms with Crippen molar-refractivity contribution in [3.8, 4) is 0 Å². The molecule has 0 saturated carbocycles. The lowest BCUT2D eigenvalue weighted by Gasteiger charge is -2.07. The van der Waals surface area contributed by atoms with E-state index >= 15 is 0 Å². The minimum atomic E-state index is -4.51. The minimum absolute atomic E-state index is 0.0648. The van der Waals surface area contributed by atoms with Gasteiger partial charge in [-0.1, -0.05) is 18.2 Å². The van der Waals surface area contributed by atoms with Gasteiger partial charge in [0.25, 0.3) is 15.8 Å². The number of nitro groups is 1. The molecule has 0 bridgehead atoms. The molecule has 0 radical (unpaired) electrons. The van der Waals surface area contributed by atoms with Crippen molar-refractivity contribution in [2.24, 2.45) is 0 Å². The summed E-state index contributed by atoms with van der Waals surface area (Å²) < 4.78 is 31.7. The molecule has 2 aromatic carbocycles. The monoisotopic (exact) mass is 267 g/mol. The second-order valence-corrected chi connectivity index (χ2v) is 5.20. The van der Waals surface area contributed by atoms with Gasteiger partial charge in [0.05, 0.1) is 10.3 Å². The molecule has 94 valence electrons. The van der Waals surface area contributed by atoms with E-state index in [1.54, 1.807) is 13.0 Å². The molecular weight excluding hydrogens is 258 g/mol. The van der Waals surface area contributed by atoms with Crippen LogP contribution in [-0.2, 0) is 10.1 Å². The van der Waals surface area contributed by atoms with Crippen LogP contribution in [0.1, 0.15) is 5.56 Å². The molecule has 0 aromatic heterocycles. The number of hydrogen-bond acceptors (Lipinski definition) is 4. The summed E-state index contributed by atoms with van der Waals surface area (Å²) in [7, 11) is -4.51. The average Bonchev–Trinajstić information content (AvgIpc) is 2.27. The van der Waals surface area contributed by atoms with Crippen LogP contribution in [0.25, 0.3) is 10.8 Å². The van der Waals surface area contributed by atoms with Crippen molar-refractivity contribution in [3.63, 3.8) is 0 Å². The van der Waals surface area contributed by atoms with Crippen LogP contribution in [0.3, 0.4) is 0 Å². The number of nitro benzene ring substituents is 1. The van der Waals surface area contributed by atoms with Gasteiger partial charge < -0.3 is 0 Å². The van der Waals surface area contributed by atoms with E-state index in [2.05, 4.69) is 0 Å². The predicted molar refractivity (Wildman–Crippen MR) is 65.2 cm³/mol. The zero-order valence-electron chi connectivity index (χ0n) is 9.32. The Kier molecular flexibility index (Phi) is 2.80. The molecule has 1 N–H and O–H groups in total. The number of fused-ring (bicyclic) bond motifs is 1. The number of non-ortho nitro benzene ring substituents is 1. The molecule has 0 saturated heterocycles. The second-order valence-electron chi connectivity index (χ2n) is 3.81. The molecule has 0 spiro atoms. The lowest BCUT2D eigenvalue weighted by atomic mass is 10.0. The third kappa shape index (κ3) is 1.93. The van der Waals surface area contributed by atoms with Crippen LogP contribution in [0.2, 0.25) is 0 Å². The molecule has 6 nitrogen and oxygen atoms in total. The fourth-order valence-corrected chi connectivity index (χ4v) is 2.58. The number of nitrogens with zero attached hydrogens (tertiary/aromatic N) is 1. The topological polar surface area (TPSA) is 97.5 Å². The summed E-state index contributed by atoms with van der Waals surface area (Å²) in [6, 6.07) is 6.92. The first-order valence-corrected chi connectivity index (χ1v) is 6.40. The Balaban J connectivity index is 3.07. The Morgan fingerprint density at radius 2 is 1.89 bits per heavy atom. The number of rotatable bonds is 2. The van der Waals surface area contributed by atoms with Crippen LogP contribution < -0.4 is 0 Å². The third-order valence-electron chi connectivity index (χ3n) is 2.67. The fraction of sp³-hybridized carbons (Fsp3) is 0.0909. The van der Waals surface area contributed by atoms with Gasteiger partial charge in [0.2, 0.25) is 0 Å². The quantitative estimate of drug-likeness (QED) is 0.511. The molecule has 0 unspecified atom stereocenters. The predicted octanol–water partition coefficient (Wildman–Crippen LogP) is 2.30. The van der Waals surface area contributed by atoms with Crippen molar-refractivity contribution in [1.29, 1.82) is 0 Å². The van der Waals surface area contributed by atoms with Crippen LogP contribution in [-0.4, -0.2) is 17.9 Å². The second kappa shape index (κ2) is 4.04. The highest BCUT2D eigenvalue weighted by atomic mass is 32.2. The molecule has 2 rings (SSSR count). The van der Waals surface area contributed by atoms with Gasteiger partial charge in [-0.05, 0) is 23.9 Å². The summed E-state index contributed by atoms with van der Waals surface area (Å²) >= 11 is 0. The minimum Gasteiger partial charge on any atom is -0.282 e. The molecule has 0 aliphatic carbocycles. The Bertz CT molecular complexity index is 751. The highest BCUT2D eigenvalue weighted by molar-refractivity contribution is 7.86. The van der Waals surface area contributed by atoms with Crippen LogP contribution in [0.5, 0.6) is 0 Å². The summed E-state index contributed by atoms with van der Waals surface area (Å²) in [6.07, 6.45) is 0. The van der Waals surface area contributed by atoms with Gasteiger partial charge in [-0.25, -0.2) is 0 Å². The van der Waals surface area contributed by atoms with Gasteiger partial charge in [0, 0.05) is 6.07 Å². The molecule has 0 aliphatic heterocycles. The first-order valence-electron chi connectivity index (χ1n) is 4.96. The van der Waals surface area contributed by atoms with Gasteiger partial charge >= 0.3 is 0 Å². The van der Waals surface area contributed by atoms with Crippen LogP contribution >= 0.6 is 0 Å². The number of hydrogen-bond donors (Lipinski definition) is 1. The molecule has 0 fully saturated rings. The summed E-state index contributed by atoms with van der Waals surface area (Å²) in [4.78, 5) is 9.82. The van der Waals surface area contributed by atoms with E-state index in [9.17, 15) is 18.5 Å². The van der Waals surface area contributed by atoms with Crippen molar-refractivity contribution < 1.29 is 17.9 Å². The normalized spacial score (nSPS) is 11.7. The zero-order chi connectivity index (χ0) is 13.5. The van der Waals surface area contributed by atoms with Gasteiger partial charge in [-0.3, -0.25) is 14.7 Å². The summed E-state index contributed by atoms with van der Waals surface area (Å²) in [5.41, 5.74) is 0.352. The smallest absolute Gasteiger partial charge is 0.282 e. The summed E-state index contributed by atoms with van der Waals surface area (Å²) in [5.74, 6) is 0. The average molecular weight is 267 g/mol. The van der Waals surface area contributed by atoms with Crippen molar-refractivity contribution in [2.45, 2.75) is 11.8 Å².